The van der Waals surface area contributed by atoms with Gasteiger partial charge in [-0.1, -0.05) is 20.3 Å². The first-order valence-corrected chi connectivity index (χ1v) is 8.12. The Balaban J connectivity index is 2.14. The van der Waals surface area contributed by atoms with Crippen LogP contribution in [0.25, 0.3) is 0 Å². The predicted molar refractivity (Wildman–Crippen MR) is 82.5 cm³/mol. The van der Waals surface area contributed by atoms with Gasteiger partial charge in [0, 0.05) is 16.0 Å². The first kappa shape index (κ1) is 14.2. The molecule has 0 saturated heterocycles. The molecule has 5 heteroatoms. The van der Waals surface area contributed by atoms with E-state index in [0.717, 1.165) is 29.0 Å². The van der Waals surface area contributed by atoms with Crippen LogP contribution in [0.3, 0.4) is 0 Å². The standard InChI is InChI=1S/C14H18N2OS2/c1-4-6-11-10(5-2)7-12(19-11)13(17)16-14-15-8-9(3)18-14/h7-8H,4-6H2,1-3H3,(H,15,16,17). The Morgan fingerprint density at radius 1 is 1.37 bits per heavy atom. The number of hydrogen-bond donors (Lipinski definition) is 1. The second-order valence-electron chi connectivity index (χ2n) is 4.39. The predicted octanol–water partition coefficient (Wildman–Crippen LogP) is 4.28. The van der Waals surface area contributed by atoms with Gasteiger partial charge in [0.25, 0.3) is 5.91 Å². The lowest BCUT2D eigenvalue weighted by molar-refractivity contribution is 0.103. The average molecular weight is 294 g/mol. The summed E-state index contributed by atoms with van der Waals surface area (Å²) in [6.07, 6.45) is 4.92. The molecule has 0 fully saturated rings. The monoisotopic (exact) mass is 294 g/mol. The van der Waals surface area contributed by atoms with E-state index in [2.05, 4.69) is 24.1 Å². The highest BCUT2D eigenvalue weighted by Crippen LogP contribution is 2.26. The fraction of sp³-hybridized carbons (Fsp3) is 0.429. The van der Waals surface area contributed by atoms with Crippen molar-refractivity contribution < 1.29 is 4.79 Å². The summed E-state index contributed by atoms with van der Waals surface area (Å²) in [4.78, 5) is 19.6. The van der Waals surface area contributed by atoms with E-state index in [1.54, 1.807) is 17.5 Å². The molecule has 102 valence electrons. The molecule has 2 rings (SSSR count). The Morgan fingerprint density at radius 3 is 2.74 bits per heavy atom. The number of thiophene rings is 1. The number of hydrogen-bond acceptors (Lipinski definition) is 4. The number of aryl methyl sites for hydroxylation is 3. The fourth-order valence-electron chi connectivity index (χ4n) is 1.89. The maximum absolute atomic E-state index is 12.2. The van der Waals surface area contributed by atoms with Crippen LogP contribution in [-0.2, 0) is 12.8 Å². The Hall–Kier alpha value is -1.20. The molecular weight excluding hydrogens is 276 g/mol. The number of rotatable bonds is 5. The van der Waals surface area contributed by atoms with Crippen molar-refractivity contribution in [3.63, 3.8) is 0 Å². The van der Waals surface area contributed by atoms with Crippen molar-refractivity contribution in [2.75, 3.05) is 5.32 Å². The third-order valence-corrected chi connectivity index (χ3v) is 4.88. The fourth-order valence-corrected chi connectivity index (χ4v) is 3.80. The van der Waals surface area contributed by atoms with E-state index < -0.39 is 0 Å². The highest BCUT2D eigenvalue weighted by molar-refractivity contribution is 7.16. The Labute approximate surface area is 121 Å². The largest absolute Gasteiger partial charge is 0.297 e. The third-order valence-electron chi connectivity index (χ3n) is 2.82. The van der Waals surface area contributed by atoms with E-state index in [0.29, 0.717) is 5.13 Å². The zero-order valence-electron chi connectivity index (χ0n) is 11.4. The summed E-state index contributed by atoms with van der Waals surface area (Å²) in [6, 6.07) is 2.02. The van der Waals surface area contributed by atoms with Crippen LogP contribution in [0.4, 0.5) is 5.13 Å². The van der Waals surface area contributed by atoms with Crippen molar-refractivity contribution in [1.82, 2.24) is 4.98 Å². The molecule has 0 bridgehead atoms. The molecule has 0 unspecified atom stereocenters. The zero-order chi connectivity index (χ0) is 13.8. The van der Waals surface area contributed by atoms with Gasteiger partial charge in [0.2, 0.25) is 0 Å². The van der Waals surface area contributed by atoms with Crippen LogP contribution in [0.2, 0.25) is 0 Å². The van der Waals surface area contributed by atoms with Crippen molar-refractivity contribution in [3.8, 4) is 0 Å². The normalized spacial score (nSPS) is 10.7. The van der Waals surface area contributed by atoms with Crippen molar-refractivity contribution >= 4 is 33.7 Å². The highest BCUT2D eigenvalue weighted by Gasteiger charge is 2.14. The van der Waals surface area contributed by atoms with Crippen LogP contribution in [0.1, 0.15) is 45.3 Å². The molecule has 0 spiro atoms. The Bertz CT molecular complexity index is 572. The smallest absolute Gasteiger partial charge is 0.267 e. The quantitative estimate of drug-likeness (QED) is 0.894. The maximum Gasteiger partial charge on any atom is 0.267 e. The van der Waals surface area contributed by atoms with Crippen LogP contribution in [0.5, 0.6) is 0 Å². The molecule has 2 aromatic heterocycles. The van der Waals surface area contributed by atoms with Gasteiger partial charge in [0.1, 0.15) is 0 Å². The Morgan fingerprint density at radius 2 is 2.16 bits per heavy atom. The number of nitrogens with one attached hydrogen (secondary N) is 1. The molecule has 3 nitrogen and oxygen atoms in total. The van der Waals surface area contributed by atoms with Crippen molar-refractivity contribution in [2.24, 2.45) is 0 Å². The molecule has 0 aliphatic carbocycles. The molecule has 1 N–H and O–H groups in total. The summed E-state index contributed by atoms with van der Waals surface area (Å²) in [5, 5.41) is 3.54. The average Bonchev–Trinajstić information content (AvgIpc) is 2.96. The lowest BCUT2D eigenvalue weighted by Crippen LogP contribution is -2.09. The van der Waals surface area contributed by atoms with Gasteiger partial charge >= 0.3 is 0 Å². The lowest BCUT2D eigenvalue weighted by atomic mass is 10.1. The molecule has 0 atom stereocenters. The van der Waals surface area contributed by atoms with Gasteiger partial charge in [-0.15, -0.1) is 22.7 Å². The van der Waals surface area contributed by atoms with Crippen molar-refractivity contribution in [1.29, 1.82) is 0 Å². The van der Waals surface area contributed by atoms with E-state index in [1.165, 1.54) is 21.8 Å². The van der Waals surface area contributed by atoms with E-state index in [4.69, 9.17) is 0 Å². The minimum Gasteiger partial charge on any atom is -0.297 e. The van der Waals surface area contributed by atoms with Gasteiger partial charge in [0.15, 0.2) is 5.13 Å². The van der Waals surface area contributed by atoms with Gasteiger partial charge in [-0.05, 0) is 31.4 Å². The minimum absolute atomic E-state index is 0.0450. The summed E-state index contributed by atoms with van der Waals surface area (Å²) in [5.74, 6) is -0.0450. The zero-order valence-corrected chi connectivity index (χ0v) is 13.1. The molecule has 2 heterocycles. The third kappa shape index (κ3) is 3.42. The van der Waals surface area contributed by atoms with Gasteiger partial charge in [-0.25, -0.2) is 4.98 Å². The molecule has 0 aromatic carbocycles. The molecule has 1 amide bonds. The first-order valence-electron chi connectivity index (χ1n) is 6.49. The van der Waals surface area contributed by atoms with Crippen LogP contribution >= 0.6 is 22.7 Å². The first-order chi connectivity index (χ1) is 9.13. The van der Waals surface area contributed by atoms with Gasteiger partial charge in [0.05, 0.1) is 4.88 Å². The van der Waals surface area contributed by atoms with Crippen molar-refractivity contribution in [3.05, 3.63) is 32.5 Å². The number of anilines is 1. The lowest BCUT2D eigenvalue weighted by Gasteiger charge is -1.97. The van der Waals surface area contributed by atoms with E-state index in [-0.39, 0.29) is 5.91 Å². The van der Waals surface area contributed by atoms with E-state index in [9.17, 15) is 4.79 Å². The maximum atomic E-state index is 12.2. The molecular formula is C14H18N2OS2. The van der Waals surface area contributed by atoms with E-state index >= 15 is 0 Å². The topological polar surface area (TPSA) is 42.0 Å². The van der Waals surface area contributed by atoms with Crippen LogP contribution in [0.15, 0.2) is 12.3 Å². The molecule has 19 heavy (non-hydrogen) atoms. The molecule has 0 aliphatic heterocycles. The Kier molecular flexibility index (Phi) is 4.71. The van der Waals surface area contributed by atoms with Crippen molar-refractivity contribution in [2.45, 2.75) is 40.0 Å². The molecule has 0 aliphatic rings. The summed E-state index contributed by atoms with van der Waals surface area (Å²) in [6.45, 7) is 6.28. The van der Waals surface area contributed by atoms with Crippen LogP contribution < -0.4 is 5.32 Å². The highest BCUT2D eigenvalue weighted by atomic mass is 32.1. The number of aromatic nitrogens is 1. The van der Waals surface area contributed by atoms with E-state index in [1.807, 2.05) is 13.0 Å². The number of thiazole rings is 1. The molecule has 2 aromatic rings. The summed E-state index contributed by atoms with van der Waals surface area (Å²) in [5.41, 5.74) is 1.30. The van der Waals surface area contributed by atoms with Gasteiger partial charge in [-0.3, -0.25) is 10.1 Å². The molecule has 0 radical (unpaired) electrons. The number of amides is 1. The summed E-state index contributed by atoms with van der Waals surface area (Å²) >= 11 is 3.11. The SMILES string of the molecule is CCCc1sc(C(=O)Nc2ncc(C)s2)cc1CC. The van der Waals surface area contributed by atoms with Gasteiger partial charge in [-0.2, -0.15) is 0 Å². The second kappa shape index (κ2) is 6.30. The minimum atomic E-state index is -0.0450. The van der Waals surface area contributed by atoms with Crippen LogP contribution in [-0.4, -0.2) is 10.9 Å². The number of carbonyl (C=O) groups excluding carboxylic acids is 1. The summed E-state index contributed by atoms with van der Waals surface area (Å²) < 4.78 is 0. The summed E-state index contributed by atoms with van der Waals surface area (Å²) in [7, 11) is 0. The second-order valence-corrected chi connectivity index (χ2v) is 6.76. The number of nitrogens with zero attached hydrogens (tertiary/aromatic N) is 1. The van der Waals surface area contributed by atoms with Crippen LogP contribution in [0, 0.1) is 6.92 Å². The number of carbonyl (C=O) groups is 1. The molecule has 0 saturated carbocycles. The van der Waals surface area contributed by atoms with Gasteiger partial charge < -0.3 is 0 Å².